The largest absolute Gasteiger partial charge is 0.506 e. The fraction of sp³-hybridized carbons (Fsp3) is 0.312. The van der Waals surface area contributed by atoms with Crippen LogP contribution in [0.2, 0.25) is 0 Å². The summed E-state index contributed by atoms with van der Waals surface area (Å²) in [5.74, 6) is -1.85. The first-order chi connectivity index (χ1) is 10.5. The summed E-state index contributed by atoms with van der Waals surface area (Å²) in [5, 5.41) is 10.7. The molecule has 0 amide bonds. The number of hydrogen-bond donors (Lipinski definition) is 1. The molecule has 0 aliphatic heterocycles. The van der Waals surface area contributed by atoms with Crippen molar-refractivity contribution in [3.8, 4) is 5.75 Å². The molecule has 0 spiro atoms. The van der Waals surface area contributed by atoms with Gasteiger partial charge in [0.1, 0.15) is 17.7 Å². The van der Waals surface area contributed by atoms with Gasteiger partial charge in [0, 0.05) is 11.9 Å². The molecule has 0 aliphatic carbocycles. The van der Waals surface area contributed by atoms with E-state index in [2.05, 4.69) is 0 Å². The van der Waals surface area contributed by atoms with Crippen molar-refractivity contribution >= 4 is 22.7 Å². The van der Waals surface area contributed by atoms with Crippen LogP contribution in [0.5, 0.6) is 5.75 Å². The van der Waals surface area contributed by atoms with Gasteiger partial charge in [-0.05, 0) is 26.0 Å². The van der Waals surface area contributed by atoms with Gasteiger partial charge in [0.15, 0.2) is 5.78 Å². The van der Waals surface area contributed by atoms with Crippen LogP contribution in [0.25, 0.3) is 10.9 Å². The van der Waals surface area contributed by atoms with E-state index in [1.165, 1.54) is 4.57 Å². The molecule has 0 atom stereocenters. The van der Waals surface area contributed by atoms with Gasteiger partial charge in [0.2, 0.25) is 0 Å². The molecule has 1 aromatic carbocycles. The predicted molar refractivity (Wildman–Crippen MR) is 81.1 cm³/mol. The second kappa shape index (κ2) is 6.43. The first-order valence-electron chi connectivity index (χ1n) is 7.04. The molecule has 6 heteroatoms. The topological polar surface area (TPSA) is 85.6 Å². The summed E-state index contributed by atoms with van der Waals surface area (Å²) in [7, 11) is 0. The lowest BCUT2D eigenvalue weighted by atomic mass is 10.0. The van der Waals surface area contributed by atoms with Crippen LogP contribution >= 0.6 is 0 Å². The van der Waals surface area contributed by atoms with Crippen molar-refractivity contribution in [1.29, 1.82) is 0 Å². The minimum absolute atomic E-state index is 0.148. The number of ether oxygens (including phenoxy) is 1. The van der Waals surface area contributed by atoms with Crippen LogP contribution in [0.3, 0.4) is 0 Å². The standard InChI is InChI=1S/C16H17NO5/c1-3-17-11-8-6-5-7-10(11)15(20)14(16(17)21)12(18)9-13(19)22-4-2/h5-8,20H,3-4,9H2,1-2H3. The summed E-state index contributed by atoms with van der Waals surface area (Å²) in [6.45, 7) is 3.89. The van der Waals surface area contributed by atoms with Crippen LogP contribution in [0.15, 0.2) is 29.1 Å². The zero-order chi connectivity index (χ0) is 16.3. The van der Waals surface area contributed by atoms with E-state index in [1.807, 2.05) is 0 Å². The number of pyridine rings is 1. The third-order valence-electron chi connectivity index (χ3n) is 3.35. The molecule has 1 N–H and O–H groups in total. The van der Waals surface area contributed by atoms with E-state index in [0.717, 1.165) is 0 Å². The number of aromatic hydroxyl groups is 1. The highest BCUT2D eigenvalue weighted by atomic mass is 16.5. The first kappa shape index (κ1) is 15.8. The number of ketones is 1. The highest BCUT2D eigenvalue weighted by Crippen LogP contribution is 2.27. The van der Waals surface area contributed by atoms with E-state index in [4.69, 9.17) is 4.74 Å². The Morgan fingerprint density at radius 3 is 2.55 bits per heavy atom. The van der Waals surface area contributed by atoms with Gasteiger partial charge in [0.05, 0.1) is 12.1 Å². The Kier molecular flexibility index (Phi) is 4.60. The monoisotopic (exact) mass is 303 g/mol. The molecule has 0 unspecified atom stereocenters. The van der Waals surface area contributed by atoms with Crippen molar-refractivity contribution < 1.29 is 19.4 Å². The molecule has 2 rings (SSSR count). The van der Waals surface area contributed by atoms with Crippen molar-refractivity contribution in [3.05, 3.63) is 40.2 Å². The molecular weight excluding hydrogens is 286 g/mol. The fourth-order valence-electron chi connectivity index (χ4n) is 2.39. The highest BCUT2D eigenvalue weighted by molar-refractivity contribution is 6.09. The Balaban J connectivity index is 2.61. The van der Waals surface area contributed by atoms with E-state index in [0.29, 0.717) is 17.4 Å². The van der Waals surface area contributed by atoms with Gasteiger partial charge >= 0.3 is 5.97 Å². The molecule has 0 aliphatic rings. The molecule has 6 nitrogen and oxygen atoms in total. The zero-order valence-electron chi connectivity index (χ0n) is 12.5. The van der Waals surface area contributed by atoms with Crippen LogP contribution in [0.1, 0.15) is 30.6 Å². The fourth-order valence-corrected chi connectivity index (χ4v) is 2.39. The predicted octanol–water partition coefficient (Wildman–Crippen LogP) is 1.86. The summed E-state index contributed by atoms with van der Waals surface area (Å²) in [6, 6.07) is 6.76. The third-order valence-corrected chi connectivity index (χ3v) is 3.35. The molecule has 22 heavy (non-hydrogen) atoms. The van der Waals surface area contributed by atoms with Gasteiger partial charge < -0.3 is 14.4 Å². The number of Topliss-reactive ketones (excluding diaryl/α,β-unsaturated/α-hetero) is 1. The van der Waals surface area contributed by atoms with E-state index in [-0.39, 0.29) is 17.9 Å². The number of fused-ring (bicyclic) bond motifs is 1. The molecular formula is C16H17NO5. The number of aryl methyl sites for hydroxylation is 1. The number of aromatic nitrogens is 1. The number of nitrogens with zero attached hydrogens (tertiary/aromatic N) is 1. The SMILES string of the molecule is CCOC(=O)CC(=O)c1c(O)c2ccccc2n(CC)c1=O. The summed E-state index contributed by atoms with van der Waals surface area (Å²) in [4.78, 5) is 36.1. The minimum Gasteiger partial charge on any atom is -0.506 e. The number of benzene rings is 1. The average molecular weight is 303 g/mol. The molecule has 0 bridgehead atoms. The van der Waals surface area contributed by atoms with Crippen LogP contribution in [0.4, 0.5) is 0 Å². The van der Waals surface area contributed by atoms with Crippen LogP contribution in [-0.2, 0) is 16.1 Å². The van der Waals surface area contributed by atoms with Crippen molar-refractivity contribution in [3.63, 3.8) is 0 Å². The lowest BCUT2D eigenvalue weighted by Crippen LogP contribution is -2.27. The molecule has 0 saturated carbocycles. The summed E-state index contributed by atoms with van der Waals surface area (Å²) < 4.78 is 6.10. The third kappa shape index (κ3) is 2.72. The van der Waals surface area contributed by atoms with Crippen molar-refractivity contribution in [2.75, 3.05) is 6.61 Å². The number of esters is 1. The summed E-state index contributed by atoms with van der Waals surface area (Å²) in [6.07, 6.45) is -0.571. The Labute approximate surface area is 126 Å². The normalized spacial score (nSPS) is 10.6. The van der Waals surface area contributed by atoms with Gasteiger partial charge in [0.25, 0.3) is 5.56 Å². The van der Waals surface area contributed by atoms with Gasteiger partial charge in [-0.2, -0.15) is 0 Å². The molecule has 0 saturated heterocycles. The molecule has 1 aromatic heterocycles. The van der Waals surface area contributed by atoms with Crippen molar-refractivity contribution in [2.45, 2.75) is 26.8 Å². The van der Waals surface area contributed by atoms with Gasteiger partial charge in [-0.3, -0.25) is 14.4 Å². The quantitative estimate of drug-likeness (QED) is 0.517. The maximum Gasteiger partial charge on any atom is 0.313 e. The van der Waals surface area contributed by atoms with Crippen LogP contribution < -0.4 is 5.56 Å². The molecule has 1 heterocycles. The average Bonchev–Trinajstić information content (AvgIpc) is 2.48. The minimum atomic E-state index is -0.742. The maximum absolute atomic E-state index is 12.4. The number of rotatable bonds is 5. The Morgan fingerprint density at radius 2 is 1.91 bits per heavy atom. The lowest BCUT2D eigenvalue weighted by Gasteiger charge is -2.12. The van der Waals surface area contributed by atoms with Gasteiger partial charge in [-0.1, -0.05) is 12.1 Å². The van der Waals surface area contributed by atoms with E-state index in [9.17, 15) is 19.5 Å². The number of para-hydroxylation sites is 1. The first-order valence-corrected chi connectivity index (χ1v) is 7.04. The van der Waals surface area contributed by atoms with Crippen molar-refractivity contribution in [2.24, 2.45) is 0 Å². The second-order valence-corrected chi connectivity index (χ2v) is 4.70. The number of carbonyl (C=O) groups excluding carboxylic acids is 2. The Hall–Kier alpha value is -2.63. The molecule has 116 valence electrons. The lowest BCUT2D eigenvalue weighted by molar-refractivity contribution is -0.141. The van der Waals surface area contributed by atoms with E-state index < -0.39 is 23.7 Å². The van der Waals surface area contributed by atoms with Gasteiger partial charge in [-0.25, -0.2) is 0 Å². The van der Waals surface area contributed by atoms with E-state index >= 15 is 0 Å². The van der Waals surface area contributed by atoms with Crippen LogP contribution in [-0.4, -0.2) is 28.0 Å². The number of carbonyl (C=O) groups is 2. The Bertz CT molecular complexity index is 791. The van der Waals surface area contributed by atoms with Crippen molar-refractivity contribution in [1.82, 2.24) is 4.57 Å². The summed E-state index contributed by atoms with van der Waals surface area (Å²) >= 11 is 0. The maximum atomic E-state index is 12.4. The highest BCUT2D eigenvalue weighted by Gasteiger charge is 2.23. The second-order valence-electron chi connectivity index (χ2n) is 4.70. The van der Waals surface area contributed by atoms with Gasteiger partial charge in [-0.15, -0.1) is 0 Å². The molecule has 2 aromatic rings. The molecule has 0 fully saturated rings. The summed E-state index contributed by atoms with van der Waals surface area (Å²) in [5.41, 5.74) is -0.429. The number of hydrogen-bond acceptors (Lipinski definition) is 5. The zero-order valence-corrected chi connectivity index (χ0v) is 12.5. The molecule has 0 radical (unpaired) electrons. The smallest absolute Gasteiger partial charge is 0.313 e. The van der Waals surface area contributed by atoms with E-state index in [1.54, 1.807) is 38.1 Å². The van der Waals surface area contributed by atoms with Crippen LogP contribution in [0, 0.1) is 0 Å². The Morgan fingerprint density at radius 1 is 1.23 bits per heavy atom.